The highest BCUT2D eigenvalue weighted by Crippen LogP contribution is 2.24. The predicted octanol–water partition coefficient (Wildman–Crippen LogP) is 4.38. The quantitative estimate of drug-likeness (QED) is 0.549. The lowest BCUT2D eigenvalue weighted by Gasteiger charge is -2.15. The van der Waals surface area contributed by atoms with Crippen LogP contribution in [0.15, 0.2) is 95.8 Å². The van der Waals surface area contributed by atoms with Gasteiger partial charge in [0.15, 0.2) is 0 Å². The maximum atomic E-state index is 12.8. The Morgan fingerprint density at radius 1 is 0.786 bits per heavy atom. The van der Waals surface area contributed by atoms with Crippen LogP contribution in [-0.4, -0.2) is 10.5 Å². The molecule has 0 spiro atoms. The number of nitrogens with zero attached hydrogens (tertiary/aromatic N) is 1. The molecular weight excluding hydrogens is 350 g/mol. The summed E-state index contributed by atoms with van der Waals surface area (Å²) >= 11 is 0. The number of carbonyl (C=O) groups excluding carboxylic acids is 1. The molecule has 0 aliphatic carbocycles. The van der Waals surface area contributed by atoms with Crippen molar-refractivity contribution in [3.63, 3.8) is 0 Å². The number of para-hydroxylation sites is 3. The molecule has 138 valence electrons. The molecule has 1 aromatic heterocycles. The number of pyridine rings is 1. The van der Waals surface area contributed by atoms with Gasteiger partial charge in [0.1, 0.15) is 6.54 Å². The molecule has 0 saturated carbocycles. The van der Waals surface area contributed by atoms with Gasteiger partial charge in [0.2, 0.25) is 5.91 Å². The number of aromatic nitrogens is 1. The standard InChI is InChI=1S/C23H19N3O2/c27-22(25-18-11-5-2-6-12-18)16-26-21-14-8-7-13-19(21)20(15-23(26)28)24-17-9-3-1-4-10-17/h1-15,24H,16H2,(H,25,27). The highest BCUT2D eigenvalue weighted by molar-refractivity contribution is 5.95. The van der Waals surface area contributed by atoms with Gasteiger partial charge in [-0.2, -0.15) is 0 Å². The first kappa shape index (κ1) is 17.5. The second-order valence-electron chi connectivity index (χ2n) is 6.40. The summed E-state index contributed by atoms with van der Waals surface area (Å²) in [6, 6.07) is 28.0. The van der Waals surface area contributed by atoms with Gasteiger partial charge in [-0.25, -0.2) is 0 Å². The summed E-state index contributed by atoms with van der Waals surface area (Å²) in [6.07, 6.45) is 0. The second kappa shape index (κ2) is 7.80. The molecule has 2 N–H and O–H groups in total. The number of nitrogens with one attached hydrogen (secondary N) is 2. The van der Waals surface area contributed by atoms with Crippen molar-refractivity contribution in [3.8, 4) is 0 Å². The van der Waals surface area contributed by atoms with Gasteiger partial charge in [-0.1, -0.05) is 54.6 Å². The van der Waals surface area contributed by atoms with Crippen LogP contribution in [0.3, 0.4) is 0 Å². The SMILES string of the molecule is O=C(Cn1c(=O)cc(Nc2ccccc2)c2ccccc21)Nc1ccccc1. The first-order valence-corrected chi connectivity index (χ1v) is 9.00. The van der Waals surface area contributed by atoms with Crippen LogP contribution in [-0.2, 0) is 11.3 Å². The van der Waals surface area contributed by atoms with E-state index in [0.717, 1.165) is 11.1 Å². The normalized spacial score (nSPS) is 10.6. The summed E-state index contributed by atoms with van der Waals surface area (Å²) in [6.45, 7) is -0.0557. The molecule has 28 heavy (non-hydrogen) atoms. The minimum Gasteiger partial charge on any atom is -0.355 e. The molecule has 0 unspecified atom stereocenters. The zero-order valence-electron chi connectivity index (χ0n) is 15.1. The van der Waals surface area contributed by atoms with E-state index in [1.807, 2.05) is 84.9 Å². The van der Waals surface area contributed by atoms with Crippen molar-refractivity contribution < 1.29 is 4.79 Å². The summed E-state index contributed by atoms with van der Waals surface area (Å²) in [4.78, 5) is 25.2. The van der Waals surface area contributed by atoms with Gasteiger partial charge in [-0.05, 0) is 30.3 Å². The van der Waals surface area contributed by atoms with Crippen molar-refractivity contribution >= 4 is 33.9 Å². The molecule has 1 amide bonds. The summed E-state index contributed by atoms with van der Waals surface area (Å²) in [5.41, 5.74) is 2.78. The average Bonchev–Trinajstić information content (AvgIpc) is 2.72. The Morgan fingerprint density at radius 2 is 1.39 bits per heavy atom. The molecule has 0 fully saturated rings. The van der Waals surface area contributed by atoms with Crippen LogP contribution in [0, 0.1) is 0 Å². The maximum absolute atomic E-state index is 12.8. The van der Waals surface area contributed by atoms with E-state index < -0.39 is 0 Å². The van der Waals surface area contributed by atoms with E-state index >= 15 is 0 Å². The molecule has 3 aromatic carbocycles. The molecule has 0 bridgehead atoms. The topological polar surface area (TPSA) is 63.1 Å². The lowest BCUT2D eigenvalue weighted by atomic mass is 10.1. The highest BCUT2D eigenvalue weighted by Gasteiger charge is 2.12. The number of benzene rings is 3. The fraction of sp³-hybridized carbons (Fsp3) is 0.0435. The molecule has 0 aliphatic heterocycles. The Kier molecular flexibility index (Phi) is 4.89. The second-order valence-corrected chi connectivity index (χ2v) is 6.40. The van der Waals surface area contributed by atoms with Crippen LogP contribution < -0.4 is 16.2 Å². The van der Waals surface area contributed by atoms with Crippen LogP contribution in [0.25, 0.3) is 10.9 Å². The lowest BCUT2D eigenvalue weighted by molar-refractivity contribution is -0.116. The average molecular weight is 369 g/mol. The summed E-state index contributed by atoms with van der Waals surface area (Å²) in [5, 5.41) is 6.99. The van der Waals surface area contributed by atoms with Crippen molar-refractivity contribution in [2.45, 2.75) is 6.54 Å². The number of amides is 1. The first-order valence-electron chi connectivity index (χ1n) is 9.00. The van der Waals surface area contributed by atoms with Crippen LogP contribution >= 0.6 is 0 Å². The zero-order chi connectivity index (χ0) is 19.3. The Labute approximate surface area is 162 Å². The van der Waals surface area contributed by atoms with Crippen molar-refractivity contribution in [2.24, 2.45) is 0 Å². The number of hydrogen-bond donors (Lipinski definition) is 2. The Balaban J connectivity index is 1.68. The summed E-state index contributed by atoms with van der Waals surface area (Å²) in [7, 11) is 0. The van der Waals surface area contributed by atoms with Gasteiger partial charge in [-0.15, -0.1) is 0 Å². The summed E-state index contributed by atoms with van der Waals surface area (Å²) < 4.78 is 1.49. The highest BCUT2D eigenvalue weighted by atomic mass is 16.2. The van der Waals surface area contributed by atoms with E-state index in [0.29, 0.717) is 16.9 Å². The van der Waals surface area contributed by atoms with Crippen LogP contribution in [0.2, 0.25) is 0 Å². The summed E-state index contributed by atoms with van der Waals surface area (Å²) in [5.74, 6) is -0.248. The molecule has 0 saturated heterocycles. The molecule has 0 aliphatic rings. The molecule has 4 aromatic rings. The van der Waals surface area contributed by atoms with E-state index in [1.165, 1.54) is 10.6 Å². The minimum absolute atomic E-state index is 0.0557. The molecule has 1 heterocycles. The van der Waals surface area contributed by atoms with E-state index in [1.54, 1.807) is 0 Å². The predicted molar refractivity (Wildman–Crippen MR) is 113 cm³/mol. The molecule has 5 nitrogen and oxygen atoms in total. The number of carbonyl (C=O) groups is 1. The largest absolute Gasteiger partial charge is 0.355 e. The third-order valence-electron chi connectivity index (χ3n) is 4.43. The van der Waals surface area contributed by atoms with Gasteiger partial charge in [-0.3, -0.25) is 14.2 Å². The number of rotatable bonds is 5. The van der Waals surface area contributed by atoms with Crippen molar-refractivity contribution in [3.05, 3.63) is 101 Å². The molecule has 5 heteroatoms. The van der Waals surface area contributed by atoms with Crippen LogP contribution in [0.4, 0.5) is 17.1 Å². The van der Waals surface area contributed by atoms with E-state index in [9.17, 15) is 9.59 Å². The van der Waals surface area contributed by atoms with Crippen LogP contribution in [0.5, 0.6) is 0 Å². The van der Waals surface area contributed by atoms with Gasteiger partial charge in [0.05, 0.1) is 11.2 Å². The third-order valence-corrected chi connectivity index (χ3v) is 4.43. The van der Waals surface area contributed by atoms with E-state index in [-0.39, 0.29) is 18.0 Å². The first-order chi connectivity index (χ1) is 13.7. The van der Waals surface area contributed by atoms with Crippen LogP contribution in [0.1, 0.15) is 0 Å². The van der Waals surface area contributed by atoms with Crippen molar-refractivity contribution in [2.75, 3.05) is 10.6 Å². The Hall–Kier alpha value is -3.86. The third kappa shape index (κ3) is 3.78. The fourth-order valence-electron chi connectivity index (χ4n) is 3.14. The minimum atomic E-state index is -0.248. The molecule has 0 radical (unpaired) electrons. The van der Waals surface area contributed by atoms with Gasteiger partial charge in [0, 0.05) is 22.8 Å². The van der Waals surface area contributed by atoms with Crippen molar-refractivity contribution in [1.29, 1.82) is 0 Å². The van der Waals surface area contributed by atoms with Gasteiger partial charge < -0.3 is 10.6 Å². The van der Waals surface area contributed by atoms with Crippen molar-refractivity contribution in [1.82, 2.24) is 4.57 Å². The van der Waals surface area contributed by atoms with E-state index in [2.05, 4.69) is 10.6 Å². The van der Waals surface area contributed by atoms with Gasteiger partial charge >= 0.3 is 0 Å². The molecular formula is C23H19N3O2. The number of hydrogen-bond acceptors (Lipinski definition) is 3. The fourth-order valence-corrected chi connectivity index (χ4v) is 3.14. The Morgan fingerprint density at radius 3 is 2.11 bits per heavy atom. The van der Waals surface area contributed by atoms with Gasteiger partial charge in [0.25, 0.3) is 5.56 Å². The zero-order valence-corrected chi connectivity index (χ0v) is 15.1. The lowest BCUT2D eigenvalue weighted by Crippen LogP contribution is -2.27. The maximum Gasteiger partial charge on any atom is 0.253 e. The van der Waals surface area contributed by atoms with E-state index in [4.69, 9.17) is 0 Å². The monoisotopic (exact) mass is 369 g/mol. The Bertz CT molecular complexity index is 1170. The molecule has 4 rings (SSSR count). The smallest absolute Gasteiger partial charge is 0.253 e. The number of fused-ring (bicyclic) bond motifs is 1. The number of anilines is 3. The molecule has 0 atom stereocenters.